The molecule has 2 aromatic carbocycles. The van der Waals surface area contributed by atoms with E-state index in [9.17, 15) is 29.1 Å². The van der Waals surface area contributed by atoms with Crippen LogP contribution in [-0.4, -0.2) is 53.6 Å². The van der Waals surface area contributed by atoms with Gasteiger partial charge in [-0.25, -0.2) is 4.79 Å². The number of aromatic hydroxyl groups is 1. The van der Waals surface area contributed by atoms with E-state index in [2.05, 4.69) is 10.1 Å². The number of phenols is 1. The summed E-state index contributed by atoms with van der Waals surface area (Å²) in [6.07, 6.45) is 0.745. The van der Waals surface area contributed by atoms with Crippen molar-refractivity contribution in [1.82, 2.24) is 5.32 Å². The second-order valence-corrected chi connectivity index (χ2v) is 12.3. The van der Waals surface area contributed by atoms with E-state index in [-0.39, 0.29) is 52.2 Å². The van der Waals surface area contributed by atoms with E-state index in [1.54, 1.807) is 13.8 Å². The lowest BCUT2D eigenvalue weighted by molar-refractivity contribution is -0.154. The number of carbonyl (C=O) groups excluding carboxylic acids is 5. The maximum atomic E-state index is 12.3. The molecule has 2 aromatic rings. The van der Waals surface area contributed by atoms with Crippen LogP contribution in [-0.2, 0) is 19.1 Å². The summed E-state index contributed by atoms with van der Waals surface area (Å²) in [6, 6.07) is 11.6. The molecular formula is C30H39NO9S2. The summed E-state index contributed by atoms with van der Waals surface area (Å²) in [6.45, 7) is 11.3. The molecule has 0 saturated heterocycles. The Morgan fingerprint density at radius 1 is 0.762 bits per heavy atom. The zero-order valence-electron chi connectivity index (χ0n) is 25.0. The molecule has 2 N–H and O–H groups in total. The van der Waals surface area contributed by atoms with E-state index < -0.39 is 11.5 Å². The Balaban J connectivity index is 0.000000844. The standard InChI is InChI=1S/C23H25NO7S2.C7H14O2/c1-4-23(2,3)21(28)30-14-13-24-22(29)31-18-11-7-16(8-12-18)20(27)33-32-19(26)15-5-9-17(25)10-6-15;1-5-7(2,3)6(8)9-4/h5-12,25H,4,13-14H2,1-3H3,(H,24,29);5H2,1-4H3. The van der Waals surface area contributed by atoms with Crippen LogP contribution < -0.4 is 10.1 Å². The molecule has 1 amide bonds. The van der Waals surface area contributed by atoms with Gasteiger partial charge in [-0.05, 0) is 111 Å². The highest BCUT2D eigenvalue weighted by molar-refractivity contribution is 8.87. The van der Waals surface area contributed by atoms with Gasteiger partial charge in [-0.15, -0.1) is 0 Å². The summed E-state index contributed by atoms with van der Waals surface area (Å²) < 4.78 is 14.8. The van der Waals surface area contributed by atoms with Crippen LogP contribution in [0.15, 0.2) is 48.5 Å². The van der Waals surface area contributed by atoms with Crippen molar-refractivity contribution in [3.63, 3.8) is 0 Å². The first-order chi connectivity index (χ1) is 19.7. The second kappa shape index (κ2) is 17.4. The fraction of sp³-hybridized carbons (Fsp3) is 0.433. The van der Waals surface area contributed by atoms with Gasteiger partial charge in [0.05, 0.1) is 24.5 Å². The molecule has 0 aliphatic carbocycles. The quantitative estimate of drug-likeness (QED) is 0.172. The van der Waals surface area contributed by atoms with Crippen LogP contribution in [0.25, 0.3) is 0 Å². The normalized spacial score (nSPS) is 10.9. The highest BCUT2D eigenvalue weighted by atomic mass is 33.1. The molecule has 0 saturated carbocycles. The Hall–Kier alpha value is -3.51. The second-order valence-electron chi connectivity index (χ2n) is 10.2. The molecule has 0 aliphatic heterocycles. The van der Waals surface area contributed by atoms with Crippen LogP contribution in [0.2, 0.25) is 0 Å². The molecule has 0 unspecified atom stereocenters. The van der Waals surface area contributed by atoms with Gasteiger partial charge in [0.2, 0.25) is 10.2 Å². The fourth-order valence-corrected chi connectivity index (χ4v) is 4.28. The van der Waals surface area contributed by atoms with Crippen LogP contribution in [0.5, 0.6) is 11.5 Å². The lowest BCUT2D eigenvalue weighted by atomic mass is 9.91. The largest absolute Gasteiger partial charge is 0.508 e. The Morgan fingerprint density at radius 3 is 1.64 bits per heavy atom. The number of esters is 2. The van der Waals surface area contributed by atoms with Crippen molar-refractivity contribution in [2.45, 2.75) is 54.4 Å². The van der Waals surface area contributed by atoms with Crippen LogP contribution in [0.3, 0.4) is 0 Å². The lowest BCUT2D eigenvalue weighted by Crippen LogP contribution is -2.33. The molecular weight excluding hydrogens is 582 g/mol. The number of carbonyl (C=O) groups is 5. The Morgan fingerprint density at radius 2 is 1.21 bits per heavy atom. The smallest absolute Gasteiger partial charge is 0.412 e. The molecule has 2 rings (SSSR count). The molecule has 0 aliphatic rings. The van der Waals surface area contributed by atoms with E-state index in [1.807, 2.05) is 27.7 Å². The number of hydrogen-bond acceptors (Lipinski definition) is 11. The number of phenolic OH excluding ortho intramolecular Hbond substituents is 1. The highest BCUT2D eigenvalue weighted by Crippen LogP contribution is 2.30. The Kier molecular flexibility index (Phi) is 15.2. The number of hydrogen-bond donors (Lipinski definition) is 2. The summed E-state index contributed by atoms with van der Waals surface area (Å²) in [4.78, 5) is 58.9. The minimum absolute atomic E-state index is 0.0303. The number of benzene rings is 2. The van der Waals surface area contributed by atoms with Crippen LogP contribution in [0.1, 0.15) is 75.1 Å². The van der Waals surface area contributed by atoms with Gasteiger partial charge in [0, 0.05) is 11.1 Å². The average molecular weight is 622 g/mol. The SMILES string of the molecule is CCC(C)(C)C(=O)OC.CCC(C)(C)C(=O)OCCNC(=O)Oc1ccc(C(=O)SSC(=O)c2ccc(O)cc2)cc1. The molecule has 0 atom stereocenters. The van der Waals surface area contributed by atoms with Crippen molar-refractivity contribution in [2.75, 3.05) is 20.3 Å². The molecule has 230 valence electrons. The van der Waals surface area contributed by atoms with Gasteiger partial charge < -0.3 is 24.6 Å². The summed E-state index contributed by atoms with van der Waals surface area (Å²) in [5.41, 5.74) is -0.176. The fourth-order valence-electron chi connectivity index (χ4n) is 2.63. The Labute approximate surface area is 254 Å². The number of amides is 1. The molecule has 0 fully saturated rings. The maximum Gasteiger partial charge on any atom is 0.412 e. The van der Waals surface area contributed by atoms with Crippen molar-refractivity contribution in [3.05, 3.63) is 59.7 Å². The minimum atomic E-state index is -0.718. The molecule has 12 heteroatoms. The maximum absolute atomic E-state index is 12.3. The van der Waals surface area contributed by atoms with Crippen molar-refractivity contribution >= 4 is 49.9 Å². The van der Waals surface area contributed by atoms with Crippen LogP contribution in [0.4, 0.5) is 4.79 Å². The molecule has 0 spiro atoms. The third kappa shape index (κ3) is 12.6. The summed E-state index contributed by atoms with van der Waals surface area (Å²) in [5.74, 6) is -0.187. The van der Waals surface area contributed by atoms with Crippen molar-refractivity contribution < 1.29 is 43.3 Å². The van der Waals surface area contributed by atoms with Crippen molar-refractivity contribution in [2.24, 2.45) is 10.8 Å². The first-order valence-corrected chi connectivity index (χ1v) is 15.4. The first kappa shape index (κ1) is 36.5. The van der Waals surface area contributed by atoms with Gasteiger partial charge in [0.15, 0.2) is 0 Å². The van der Waals surface area contributed by atoms with Gasteiger partial charge in [-0.1, -0.05) is 13.8 Å². The molecule has 0 radical (unpaired) electrons. The van der Waals surface area contributed by atoms with Gasteiger partial charge >= 0.3 is 18.0 Å². The molecule has 42 heavy (non-hydrogen) atoms. The molecule has 0 aromatic heterocycles. The van der Waals surface area contributed by atoms with Crippen LogP contribution in [0, 0.1) is 10.8 Å². The third-order valence-electron chi connectivity index (χ3n) is 6.26. The van der Waals surface area contributed by atoms with Gasteiger partial charge in [-0.2, -0.15) is 0 Å². The number of methoxy groups -OCH3 is 1. The molecule has 10 nitrogen and oxygen atoms in total. The zero-order valence-corrected chi connectivity index (χ0v) is 26.6. The molecule has 0 bridgehead atoms. The molecule has 0 heterocycles. The lowest BCUT2D eigenvalue weighted by Gasteiger charge is -2.20. The van der Waals surface area contributed by atoms with Crippen molar-refractivity contribution in [1.29, 1.82) is 0 Å². The van der Waals surface area contributed by atoms with Crippen molar-refractivity contribution in [3.8, 4) is 11.5 Å². The predicted molar refractivity (Wildman–Crippen MR) is 164 cm³/mol. The van der Waals surface area contributed by atoms with Crippen LogP contribution >= 0.6 is 21.6 Å². The monoisotopic (exact) mass is 621 g/mol. The first-order valence-electron chi connectivity index (χ1n) is 13.2. The predicted octanol–water partition coefficient (Wildman–Crippen LogP) is 6.42. The number of nitrogens with one attached hydrogen (secondary N) is 1. The van der Waals surface area contributed by atoms with Gasteiger partial charge in [0.1, 0.15) is 18.1 Å². The highest BCUT2D eigenvalue weighted by Gasteiger charge is 2.27. The third-order valence-corrected chi connectivity index (χ3v) is 8.28. The van der Waals surface area contributed by atoms with E-state index in [4.69, 9.17) is 9.47 Å². The number of ether oxygens (including phenoxy) is 3. The van der Waals surface area contributed by atoms with E-state index in [1.165, 1.54) is 55.6 Å². The number of rotatable bonds is 10. The van der Waals surface area contributed by atoms with E-state index in [0.717, 1.165) is 28.0 Å². The summed E-state index contributed by atoms with van der Waals surface area (Å²) in [7, 11) is 2.98. The van der Waals surface area contributed by atoms with Gasteiger partial charge in [0.25, 0.3) is 0 Å². The van der Waals surface area contributed by atoms with E-state index >= 15 is 0 Å². The Bertz CT molecular complexity index is 1210. The van der Waals surface area contributed by atoms with Gasteiger partial charge in [-0.3, -0.25) is 19.2 Å². The summed E-state index contributed by atoms with van der Waals surface area (Å²) >= 11 is 0. The minimum Gasteiger partial charge on any atom is -0.508 e. The summed E-state index contributed by atoms with van der Waals surface area (Å²) in [5, 5.41) is 11.1. The van der Waals surface area contributed by atoms with E-state index in [0.29, 0.717) is 17.5 Å². The average Bonchev–Trinajstić information content (AvgIpc) is 2.98. The topological polar surface area (TPSA) is 145 Å². The zero-order chi connectivity index (χ0) is 31.9.